The van der Waals surface area contributed by atoms with E-state index in [9.17, 15) is 32.4 Å². The summed E-state index contributed by atoms with van der Waals surface area (Å²) in [6.07, 6.45) is 3.16. The van der Waals surface area contributed by atoms with Gasteiger partial charge in [-0.1, -0.05) is 39.3 Å². The quantitative estimate of drug-likeness (QED) is 0.233. The predicted molar refractivity (Wildman–Crippen MR) is 139 cm³/mol. The number of halogens is 1. The van der Waals surface area contributed by atoms with E-state index in [-0.39, 0.29) is 22.8 Å². The molecular weight excluding hydrogens is 500 g/mol. The van der Waals surface area contributed by atoms with Crippen molar-refractivity contribution in [2.45, 2.75) is 63.3 Å². The first-order chi connectivity index (χ1) is 17.4. The fourth-order valence-corrected chi connectivity index (χ4v) is 4.64. The lowest BCUT2D eigenvalue weighted by molar-refractivity contribution is -0.123. The Balaban J connectivity index is 2.21. The predicted octanol–water partition coefficient (Wildman–Crippen LogP) is 1.79. The Labute approximate surface area is 218 Å². The molecule has 2 aromatic rings. The number of aryl methyl sites for hydroxylation is 1. The van der Waals surface area contributed by atoms with Crippen LogP contribution in [0.2, 0.25) is 0 Å². The van der Waals surface area contributed by atoms with E-state index in [1.807, 2.05) is 26.0 Å². The van der Waals surface area contributed by atoms with Crippen LogP contribution >= 0.6 is 0 Å². The van der Waals surface area contributed by atoms with Crippen LogP contribution in [-0.2, 0) is 21.2 Å². The van der Waals surface area contributed by atoms with Gasteiger partial charge in [-0.2, -0.15) is 0 Å². The second-order valence-corrected chi connectivity index (χ2v) is 11.1. The van der Waals surface area contributed by atoms with Crippen molar-refractivity contribution in [1.29, 1.82) is 0 Å². The first-order valence-corrected chi connectivity index (χ1v) is 13.7. The molecule has 2 rings (SSSR count). The van der Waals surface area contributed by atoms with Crippen LogP contribution in [0.1, 0.15) is 56.0 Å². The molecule has 0 aliphatic carbocycles. The first kappa shape index (κ1) is 30.4. The average Bonchev–Trinajstić information content (AvgIpc) is 2.84. The first-order valence-electron chi connectivity index (χ1n) is 12.2. The third-order valence-corrected chi connectivity index (χ3v) is 7.11. The highest BCUT2D eigenvalue weighted by Crippen LogP contribution is 2.11. The molecule has 9 nitrogen and oxygen atoms in total. The molecule has 0 unspecified atom stereocenters. The molecule has 0 aliphatic heterocycles. The molecule has 0 aliphatic rings. The molecule has 0 bridgehead atoms. The van der Waals surface area contributed by atoms with E-state index >= 15 is 0 Å². The molecule has 0 radical (unpaired) electrons. The molecule has 2 amide bonds. The maximum atomic E-state index is 13.2. The van der Waals surface area contributed by atoms with Crippen LogP contribution in [0.5, 0.6) is 0 Å². The molecule has 202 valence electrons. The molecular formula is C25H35BFN3O6S. The Morgan fingerprint density at radius 1 is 1.00 bits per heavy atom. The molecule has 0 saturated heterocycles. The van der Waals surface area contributed by atoms with E-state index in [1.54, 1.807) is 12.1 Å². The SMILES string of the molecule is CCCCc1ccc(C(=O)N[C@@H](CNS(=O)(=O)c2ccc(F)cc2)C(=O)N[C@@H](CC(C)C)B(O)O)cc1. The van der Waals surface area contributed by atoms with Crippen LogP contribution in [0.3, 0.4) is 0 Å². The standard InChI is InChI=1S/C25H35BFN3O6S/c1-4-5-6-18-7-9-19(10-8-18)24(31)29-22(25(32)30-23(26(33)34)15-17(2)3)16-28-37(35,36)21-13-11-20(27)12-14-21/h7-14,17,22-23,28,33-34H,4-6,15-16H2,1-3H3,(H,29,31)(H,30,32)/t22-,23-/m0/s1. The highest BCUT2D eigenvalue weighted by molar-refractivity contribution is 7.89. The van der Waals surface area contributed by atoms with Gasteiger partial charge in [-0.25, -0.2) is 17.5 Å². The Morgan fingerprint density at radius 3 is 2.16 bits per heavy atom. The maximum absolute atomic E-state index is 13.2. The summed E-state index contributed by atoms with van der Waals surface area (Å²) in [5.74, 6) is -3.02. The number of hydrogen-bond acceptors (Lipinski definition) is 6. The van der Waals surface area contributed by atoms with Crippen LogP contribution in [-0.4, -0.2) is 55.9 Å². The minimum absolute atomic E-state index is 0.0170. The van der Waals surface area contributed by atoms with Gasteiger partial charge in [0.1, 0.15) is 11.9 Å². The van der Waals surface area contributed by atoms with Crippen molar-refractivity contribution in [2.24, 2.45) is 5.92 Å². The zero-order valence-electron chi connectivity index (χ0n) is 21.3. The number of hydrogen-bond donors (Lipinski definition) is 5. The highest BCUT2D eigenvalue weighted by Gasteiger charge is 2.31. The van der Waals surface area contributed by atoms with Gasteiger partial charge in [0.15, 0.2) is 0 Å². The van der Waals surface area contributed by atoms with Crippen molar-refractivity contribution in [3.8, 4) is 0 Å². The number of unbranched alkanes of at least 4 members (excludes halogenated alkanes) is 1. The molecule has 2 aromatic carbocycles. The van der Waals surface area contributed by atoms with Crippen molar-refractivity contribution in [3.63, 3.8) is 0 Å². The Kier molecular flexibility index (Phi) is 11.7. The van der Waals surface area contributed by atoms with Crippen molar-refractivity contribution in [3.05, 3.63) is 65.5 Å². The second kappa shape index (κ2) is 14.2. The number of benzene rings is 2. The summed E-state index contributed by atoms with van der Waals surface area (Å²) < 4.78 is 40.8. The normalized spacial score (nSPS) is 13.2. The molecule has 0 heterocycles. The van der Waals surface area contributed by atoms with Crippen LogP contribution in [0.4, 0.5) is 4.39 Å². The molecule has 0 spiro atoms. The summed E-state index contributed by atoms with van der Waals surface area (Å²) in [5, 5.41) is 24.4. The lowest BCUT2D eigenvalue weighted by Crippen LogP contribution is -2.57. The largest absolute Gasteiger partial charge is 0.475 e. The minimum atomic E-state index is -4.13. The molecule has 37 heavy (non-hydrogen) atoms. The van der Waals surface area contributed by atoms with Gasteiger partial charge in [0.2, 0.25) is 15.9 Å². The zero-order chi connectivity index (χ0) is 27.6. The summed E-state index contributed by atoms with van der Waals surface area (Å²) in [6.45, 7) is 5.23. The molecule has 5 N–H and O–H groups in total. The van der Waals surface area contributed by atoms with Crippen molar-refractivity contribution >= 4 is 29.0 Å². The number of amides is 2. The average molecular weight is 535 g/mol. The number of nitrogens with one attached hydrogen (secondary N) is 3. The number of sulfonamides is 1. The van der Waals surface area contributed by atoms with E-state index in [4.69, 9.17) is 0 Å². The van der Waals surface area contributed by atoms with Gasteiger partial charge in [0.25, 0.3) is 5.91 Å². The third kappa shape index (κ3) is 9.88. The monoisotopic (exact) mass is 535 g/mol. The van der Waals surface area contributed by atoms with E-state index < -0.39 is 53.3 Å². The van der Waals surface area contributed by atoms with E-state index in [2.05, 4.69) is 22.3 Å². The van der Waals surface area contributed by atoms with Crippen LogP contribution < -0.4 is 15.4 Å². The summed E-state index contributed by atoms with van der Waals surface area (Å²) in [5.41, 5.74) is 1.34. The highest BCUT2D eigenvalue weighted by atomic mass is 32.2. The van der Waals surface area contributed by atoms with Gasteiger partial charge in [0, 0.05) is 12.1 Å². The Hall–Kier alpha value is -2.80. The number of rotatable bonds is 14. The van der Waals surface area contributed by atoms with Crippen LogP contribution in [0.25, 0.3) is 0 Å². The van der Waals surface area contributed by atoms with E-state index in [0.29, 0.717) is 0 Å². The maximum Gasteiger partial charge on any atom is 0.475 e. The van der Waals surface area contributed by atoms with Gasteiger partial charge in [-0.3, -0.25) is 9.59 Å². The van der Waals surface area contributed by atoms with Crippen molar-refractivity contribution in [1.82, 2.24) is 15.4 Å². The Morgan fingerprint density at radius 2 is 1.62 bits per heavy atom. The molecule has 12 heteroatoms. The Bertz CT molecular complexity index is 1130. The van der Waals surface area contributed by atoms with E-state index in [1.165, 1.54) is 0 Å². The lowest BCUT2D eigenvalue weighted by atomic mass is 9.75. The molecule has 0 fully saturated rings. The summed E-state index contributed by atoms with van der Waals surface area (Å²) in [4.78, 5) is 25.7. The fourth-order valence-electron chi connectivity index (χ4n) is 3.59. The van der Waals surface area contributed by atoms with Crippen molar-refractivity contribution < 1.29 is 32.4 Å². The number of carbonyl (C=O) groups excluding carboxylic acids is 2. The molecule has 0 aromatic heterocycles. The third-order valence-electron chi connectivity index (χ3n) is 5.67. The summed E-state index contributed by atoms with van der Waals surface area (Å²) in [7, 11) is -5.98. The zero-order valence-corrected chi connectivity index (χ0v) is 22.1. The van der Waals surface area contributed by atoms with E-state index in [0.717, 1.165) is 49.1 Å². The topological polar surface area (TPSA) is 145 Å². The van der Waals surface area contributed by atoms with Crippen LogP contribution in [0.15, 0.2) is 53.4 Å². The van der Waals surface area contributed by atoms with Gasteiger partial charge >= 0.3 is 7.12 Å². The minimum Gasteiger partial charge on any atom is -0.426 e. The van der Waals surface area contributed by atoms with Gasteiger partial charge in [0.05, 0.1) is 10.8 Å². The van der Waals surface area contributed by atoms with Crippen LogP contribution in [0, 0.1) is 11.7 Å². The van der Waals surface area contributed by atoms with Crippen molar-refractivity contribution in [2.75, 3.05) is 6.54 Å². The lowest BCUT2D eigenvalue weighted by Gasteiger charge is -2.24. The van der Waals surface area contributed by atoms with Gasteiger partial charge in [-0.15, -0.1) is 0 Å². The smallest absolute Gasteiger partial charge is 0.426 e. The summed E-state index contributed by atoms with van der Waals surface area (Å²) >= 11 is 0. The molecule has 0 saturated carbocycles. The fraction of sp³-hybridized carbons (Fsp3) is 0.440. The number of carbonyl (C=O) groups is 2. The summed E-state index contributed by atoms with van der Waals surface area (Å²) in [6, 6.07) is 9.63. The molecule has 2 atom stereocenters. The van der Waals surface area contributed by atoms with Gasteiger partial charge < -0.3 is 20.7 Å². The second-order valence-electron chi connectivity index (χ2n) is 9.29. The van der Waals surface area contributed by atoms with Gasteiger partial charge in [-0.05, 0) is 67.1 Å².